The van der Waals surface area contributed by atoms with Crippen LogP contribution in [0, 0.1) is 0 Å². The van der Waals surface area contributed by atoms with Crippen LogP contribution in [0.25, 0.3) is 11.1 Å². The first kappa shape index (κ1) is 18.2. The summed E-state index contributed by atoms with van der Waals surface area (Å²) in [6, 6.07) is 19.5. The van der Waals surface area contributed by atoms with E-state index in [1.54, 1.807) is 18.3 Å². The van der Waals surface area contributed by atoms with Gasteiger partial charge in [-0.15, -0.1) is 0 Å². The number of carbonyl (C=O) groups is 1. The molecule has 3 rings (SSSR count). The fourth-order valence-corrected chi connectivity index (χ4v) is 2.94. The van der Waals surface area contributed by atoms with E-state index in [-0.39, 0.29) is 16.5 Å². The largest absolute Gasteiger partial charge is 0.321 e. The Morgan fingerprint density at radius 2 is 1.65 bits per heavy atom. The highest BCUT2D eigenvalue weighted by atomic mass is 35.5. The second-order valence-electron chi connectivity index (χ2n) is 7.17. The van der Waals surface area contributed by atoms with Gasteiger partial charge in [0.1, 0.15) is 5.15 Å². The number of para-hydroxylation sites is 1. The van der Waals surface area contributed by atoms with Gasteiger partial charge in [-0.1, -0.05) is 74.8 Å². The smallest absolute Gasteiger partial charge is 0.258 e. The molecule has 1 N–H and O–H groups in total. The molecule has 0 saturated heterocycles. The average Bonchev–Trinajstić information content (AvgIpc) is 2.62. The van der Waals surface area contributed by atoms with Crippen LogP contribution in [0.2, 0.25) is 5.15 Å². The molecule has 3 aromatic rings. The van der Waals surface area contributed by atoms with Crippen molar-refractivity contribution in [2.45, 2.75) is 26.2 Å². The summed E-state index contributed by atoms with van der Waals surface area (Å²) in [6.45, 7) is 6.56. The summed E-state index contributed by atoms with van der Waals surface area (Å²) in [5.74, 6) is -0.276. The van der Waals surface area contributed by atoms with Crippen molar-refractivity contribution in [2.75, 3.05) is 5.32 Å². The fraction of sp³-hybridized carbons (Fsp3) is 0.182. The Labute approximate surface area is 159 Å². The van der Waals surface area contributed by atoms with Crippen molar-refractivity contribution >= 4 is 23.2 Å². The number of pyridine rings is 1. The first-order valence-electron chi connectivity index (χ1n) is 8.48. The third-order valence-corrected chi connectivity index (χ3v) is 4.54. The number of carbonyl (C=O) groups excluding carboxylic acids is 1. The van der Waals surface area contributed by atoms with Crippen LogP contribution < -0.4 is 5.32 Å². The molecule has 1 heterocycles. The van der Waals surface area contributed by atoms with Gasteiger partial charge >= 0.3 is 0 Å². The lowest BCUT2D eigenvalue weighted by atomic mass is 9.86. The molecule has 1 amide bonds. The van der Waals surface area contributed by atoms with Crippen molar-refractivity contribution in [1.82, 2.24) is 4.98 Å². The molecule has 26 heavy (non-hydrogen) atoms. The molecule has 132 valence electrons. The highest BCUT2D eigenvalue weighted by molar-refractivity contribution is 6.33. The third kappa shape index (κ3) is 3.94. The summed E-state index contributed by atoms with van der Waals surface area (Å²) in [6.07, 6.45) is 1.56. The van der Waals surface area contributed by atoms with Gasteiger partial charge in [0, 0.05) is 17.4 Å². The molecular weight excluding hydrogens is 344 g/mol. The number of anilines is 1. The third-order valence-electron chi connectivity index (χ3n) is 4.24. The van der Waals surface area contributed by atoms with E-state index in [1.807, 2.05) is 24.3 Å². The van der Waals surface area contributed by atoms with E-state index in [9.17, 15) is 4.79 Å². The molecule has 0 aliphatic heterocycles. The van der Waals surface area contributed by atoms with E-state index >= 15 is 0 Å². The van der Waals surface area contributed by atoms with Gasteiger partial charge in [-0.25, -0.2) is 4.98 Å². The molecule has 0 spiro atoms. The summed E-state index contributed by atoms with van der Waals surface area (Å²) in [4.78, 5) is 16.5. The molecule has 0 radical (unpaired) electrons. The number of rotatable bonds is 3. The number of hydrogen-bond donors (Lipinski definition) is 1. The van der Waals surface area contributed by atoms with Crippen LogP contribution in [-0.4, -0.2) is 10.9 Å². The van der Waals surface area contributed by atoms with Gasteiger partial charge in [0.2, 0.25) is 0 Å². The lowest BCUT2D eigenvalue weighted by Gasteiger charge is -2.19. The lowest BCUT2D eigenvalue weighted by molar-refractivity contribution is 0.102. The molecule has 0 bridgehead atoms. The van der Waals surface area contributed by atoms with Crippen LogP contribution in [0.4, 0.5) is 5.69 Å². The van der Waals surface area contributed by atoms with Crippen LogP contribution in [0.15, 0.2) is 66.9 Å². The molecule has 0 aliphatic rings. The monoisotopic (exact) mass is 364 g/mol. The zero-order chi connectivity index (χ0) is 18.7. The van der Waals surface area contributed by atoms with Crippen molar-refractivity contribution in [3.05, 3.63) is 83.1 Å². The van der Waals surface area contributed by atoms with Crippen LogP contribution in [0.1, 0.15) is 36.7 Å². The van der Waals surface area contributed by atoms with Gasteiger partial charge < -0.3 is 5.32 Å². The van der Waals surface area contributed by atoms with Crippen molar-refractivity contribution < 1.29 is 4.79 Å². The Hall–Kier alpha value is -2.65. The van der Waals surface area contributed by atoms with E-state index in [0.29, 0.717) is 5.56 Å². The number of hydrogen-bond acceptors (Lipinski definition) is 2. The molecule has 2 aromatic carbocycles. The fourth-order valence-electron chi connectivity index (χ4n) is 2.74. The molecule has 0 aliphatic carbocycles. The Balaban J connectivity index is 1.92. The Bertz CT molecular complexity index is 927. The van der Waals surface area contributed by atoms with Crippen LogP contribution in [0.3, 0.4) is 0 Å². The maximum Gasteiger partial charge on any atom is 0.258 e. The molecule has 0 unspecified atom stereocenters. The number of halogens is 1. The van der Waals surface area contributed by atoms with E-state index in [0.717, 1.165) is 16.8 Å². The van der Waals surface area contributed by atoms with Gasteiger partial charge in [-0.2, -0.15) is 0 Å². The Morgan fingerprint density at radius 1 is 0.962 bits per heavy atom. The average molecular weight is 365 g/mol. The first-order valence-corrected chi connectivity index (χ1v) is 8.86. The van der Waals surface area contributed by atoms with Crippen molar-refractivity contribution in [3.63, 3.8) is 0 Å². The van der Waals surface area contributed by atoms with Crippen molar-refractivity contribution in [1.29, 1.82) is 0 Å². The minimum absolute atomic E-state index is 0.101. The van der Waals surface area contributed by atoms with Gasteiger partial charge in [-0.3, -0.25) is 4.79 Å². The zero-order valence-electron chi connectivity index (χ0n) is 15.1. The van der Waals surface area contributed by atoms with Crippen LogP contribution in [-0.2, 0) is 5.41 Å². The Morgan fingerprint density at radius 3 is 2.31 bits per heavy atom. The second-order valence-corrected chi connectivity index (χ2v) is 7.53. The van der Waals surface area contributed by atoms with Crippen molar-refractivity contribution in [2.24, 2.45) is 0 Å². The second kappa shape index (κ2) is 7.30. The van der Waals surface area contributed by atoms with E-state index < -0.39 is 0 Å². The minimum Gasteiger partial charge on any atom is -0.321 e. The van der Waals surface area contributed by atoms with E-state index in [1.165, 1.54) is 5.56 Å². The van der Waals surface area contributed by atoms with E-state index in [4.69, 9.17) is 11.6 Å². The summed E-state index contributed by atoms with van der Waals surface area (Å²) in [5.41, 5.74) is 4.47. The van der Waals surface area contributed by atoms with Gasteiger partial charge in [0.25, 0.3) is 5.91 Å². The zero-order valence-corrected chi connectivity index (χ0v) is 15.8. The molecule has 4 heteroatoms. The number of nitrogens with one attached hydrogen (secondary N) is 1. The summed E-state index contributed by atoms with van der Waals surface area (Å²) in [5, 5.41) is 3.14. The standard InChI is InChI=1S/C22H21ClN2O/c1-22(2,3)16-12-10-15(11-13-16)17-7-4-5-9-19(17)25-21(26)18-8-6-14-24-20(18)23/h4-14H,1-3H3,(H,25,26). The van der Waals surface area contributed by atoms with Gasteiger partial charge in [-0.05, 0) is 34.7 Å². The highest BCUT2D eigenvalue weighted by Gasteiger charge is 2.15. The number of aromatic nitrogens is 1. The van der Waals surface area contributed by atoms with Gasteiger partial charge in [0.15, 0.2) is 0 Å². The van der Waals surface area contributed by atoms with E-state index in [2.05, 4.69) is 55.3 Å². The summed E-state index contributed by atoms with van der Waals surface area (Å²) < 4.78 is 0. The summed E-state index contributed by atoms with van der Waals surface area (Å²) in [7, 11) is 0. The maximum atomic E-state index is 12.6. The molecular formula is C22H21ClN2O. The van der Waals surface area contributed by atoms with Gasteiger partial charge in [0.05, 0.1) is 5.56 Å². The predicted molar refractivity (Wildman–Crippen MR) is 108 cm³/mol. The molecule has 0 atom stereocenters. The molecule has 1 aromatic heterocycles. The van der Waals surface area contributed by atoms with Crippen LogP contribution in [0.5, 0.6) is 0 Å². The Kier molecular flexibility index (Phi) is 5.10. The van der Waals surface area contributed by atoms with Crippen molar-refractivity contribution in [3.8, 4) is 11.1 Å². The minimum atomic E-state index is -0.276. The lowest BCUT2D eigenvalue weighted by Crippen LogP contribution is -2.13. The first-order chi connectivity index (χ1) is 12.4. The predicted octanol–water partition coefficient (Wildman–Crippen LogP) is 5.95. The van der Waals surface area contributed by atoms with Crippen LogP contribution >= 0.6 is 11.6 Å². The number of nitrogens with zero attached hydrogens (tertiary/aromatic N) is 1. The molecule has 0 saturated carbocycles. The number of amides is 1. The highest BCUT2D eigenvalue weighted by Crippen LogP contribution is 2.31. The maximum absolute atomic E-state index is 12.6. The summed E-state index contributed by atoms with van der Waals surface area (Å²) >= 11 is 6.03. The quantitative estimate of drug-likeness (QED) is 0.583. The molecule has 3 nitrogen and oxygen atoms in total. The molecule has 0 fully saturated rings. The SMILES string of the molecule is CC(C)(C)c1ccc(-c2ccccc2NC(=O)c2cccnc2Cl)cc1. The number of benzene rings is 2. The normalized spacial score (nSPS) is 11.2. The topological polar surface area (TPSA) is 42.0 Å².